The first-order chi connectivity index (χ1) is 7.27. The Morgan fingerprint density at radius 3 is 2.73 bits per heavy atom. The van der Waals surface area contributed by atoms with Gasteiger partial charge in [0.1, 0.15) is 0 Å². The van der Waals surface area contributed by atoms with Gasteiger partial charge >= 0.3 is 0 Å². The summed E-state index contributed by atoms with van der Waals surface area (Å²) in [5, 5.41) is 0. The van der Waals surface area contributed by atoms with Crippen molar-refractivity contribution in [1.82, 2.24) is 0 Å². The molecule has 0 nitrogen and oxygen atoms in total. The van der Waals surface area contributed by atoms with Crippen molar-refractivity contribution < 1.29 is 0 Å². The fourth-order valence-electron chi connectivity index (χ4n) is 1.57. The van der Waals surface area contributed by atoms with Gasteiger partial charge in [0.25, 0.3) is 0 Å². The fourth-order valence-corrected chi connectivity index (χ4v) is 1.57. The van der Waals surface area contributed by atoms with E-state index in [9.17, 15) is 0 Å². The van der Waals surface area contributed by atoms with Crippen molar-refractivity contribution in [2.45, 2.75) is 13.8 Å². The molecule has 0 fully saturated rings. The van der Waals surface area contributed by atoms with Crippen LogP contribution in [0.15, 0.2) is 53.6 Å². The summed E-state index contributed by atoms with van der Waals surface area (Å²) in [4.78, 5) is 0. The lowest BCUT2D eigenvalue weighted by Gasteiger charge is -2.12. The summed E-state index contributed by atoms with van der Waals surface area (Å²) >= 11 is 0. The van der Waals surface area contributed by atoms with Gasteiger partial charge in [-0.05, 0) is 36.6 Å². The van der Waals surface area contributed by atoms with E-state index in [2.05, 4.69) is 50.6 Å². The van der Waals surface area contributed by atoms with Crippen molar-refractivity contribution in [2.24, 2.45) is 0 Å². The SMILES string of the molecule is CC(C)=C1[CH]C(c2[c]cccc2)=CC=C1. The van der Waals surface area contributed by atoms with Crippen molar-refractivity contribution in [2.75, 3.05) is 0 Å². The maximum absolute atomic E-state index is 3.24. The summed E-state index contributed by atoms with van der Waals surface area (Å²) in [5.74, 6) is 0. The quantitative estimate of drug-likeness (QED) is 0.634. The van der Waals surface area contributed by atoms with Crippen LogP contribution < -0.4 is 0 Å². The Hall–Kier alpha value is -1.56. The third kappa shape index (κ3) is 2.27. The van der Waals surface area contributed by atoms with Crippen LogP contribution in [0.3, 0.4) is 0 Å². The number of rotatable bonds is 1. The van der Waals surface area contributed by atoms with Crippen molar-refractivity contribution in [3.63, 3.8) is 0 Å². The Bertz CT molecular complexity index is 426. The highest BCUT2D eigenvalue weighted by Crippen LogP contribution is 2.26. The molecule has 0 aliphatic heterocycles. The summed E-state index contributed by atoms with van der Waals surface area (Å²) in [6, 6.07) is 11.3. The molecule has 1 aliphatic rings. The minimum Gasteiger partial charge on any atom is -0.0726 e. The van der Waals surface area contributed by atoms with Crippen molar-refractivity contribution in [3.05, 3.63) is 71.7 Å². The Morgan fingerprint density at radius 1 is 1.20 bits per heavy atom. The molecule has 15 heavy (non-hydrogen) atoms. The zero-order chi connectivity index (χ0) is 10.7. The van der Waals surface area contributed by atoms with Crippen LogP contribution >= 0.6 is 0 Å². The van der Waals surface area contributed by atoms with Gasteiger partial charge in [-0.3, -0.25) is 0 Å². The highest BCUT2D eigenvalue weighted by Gasteiger charge is 2.07. The summed E-state index contributed by atoms with van der Waals surface area (Å²) in [6.07, 6.45) is 8.57. The average Bonchev–Trinajstić information content (AvgIpc) is 2.30. The Labute approximate surface area is 91.6 Å². The van der Waals surface area contributed by atoms with Crippen LogP contribution in [0.5, 0.6) is 0 Å². The first-order valence-corrected chi connectivity index (χ1v) is 5.15. The largest absolute Gasteiger partial charge is 0.0726 e. The van der Waals surface area contributed by atoms with Gasteiger partial charge in [0.15, 0.2) is 0 Å². The van der Waals surface area contributed by atoms with E-state index in [0.29, 0.717) is 0 Å². The maximum Gasteiger partial charge on any atom is 0.0204 e. The summed E-state index contributed by atoms with van der Waals surface area (Å²) < 4.78 is 0. The number of hydrogen-bond acceptors (Lipinski definition) is 0. The van der Waals surface area contributed by atoms with E-state index in [4.69, 9.17) is 0 Å². The first kappa shape index (κ1) is 9.97. The number of allylic oxidation sites excluding steroid dienone is 6. The molecule has 0 bridgehead atoms. The standard InChI is InChI=1S/C15H14/c1-12(2)14-9-6-10-15(11-14)13-7-4-3-5-8-13/h3-7,9-11H,1-2H3. The van der Waals surface area contributed by atoms with Gasteiger partial charge in [-0.15, -0.1) is 0 Å². The molecule has 2 rings (SSSR count). The molecular weight excluding hydrogens is 180 g/mol. The monoisotopic (exact) mass is 194 g/mol. The second-order valence-corrected chi connectivity index (χ2v) is 3.86. The summed E-state index contributed by atoms with van der Waals surface area (Å²) in [7, 11) is 0. The molecule has 0 N–H and O–H groups in total. The van der Waals surface area contributed by atoms with E-state index < -0.39 is 0 Å². The molecule has 1 aromatic rings. The second-order valence-electron chi connectivity index (χ2n) is 3.86. The Morgan fingerprint density at radius 2 is 2.07 bits per heavy atom. The average molecular weight is 194 g/mol. The van der Waals surface area contributed by atoms with Gasteiger partial charge in [-0.25, -0.2) is 0 Å². The molecule has 0 atom stereocenters. The van der Waals surface area contributed by atoms with Crippen LogP contribution in [0.25, 0.3) is 5.57 Å². The predicted octanol–water partition coefficient (Wildman–Crippen LogP) is 3.98. The summed E-state index contributed by atoms with van der Waals surface area (Å²) in [5.41, 5.74) is 5.02. The number of benzene rings is 1. The van der Waals surface area contributed by atoms with Gasteiger partial charge in [-0.2, -0.15) is 0 Å². The Balaban J connectivity index is 2.31. The third-order valence-electron chi connectivity index (χ3n) is 2.46. The topological polar surface area (TPSA) is 0 Å². The van der Waals surface area contributed by atoms with Crippen molar-refractivity contribution in [1.29, 1.82) is 0 Å². The van der Waals surface area contributed by atoms with Crippen molar-refractivity contribution >= 4 is 5.57 Å². The van der Waals surface area contributed by atoms with E-state index in [0.717, 1.165) is 5.56 Å². The molecule has 0 heterocycles. The van der Waals surface area contributed by atoms with Gasteiger partial charge in [-0.1, -0.05) is 48.1 Å². The van der Waals surface area contributed by atoms with Crippen LogP contribution in [0.1, 0.15) is 19.4 Å². The van der Waals surface area contributed by atoms with E-state index in [-0.39, 0.29) is 0 Å². The third-order valence-corrected chi connectivity index (χ3v) is 2.46. The molecule has 2 radical (unpaired) electrons. The van der Waals surface area contributed by atoms with Crippen LogP contribution in [-0.4, -0.2) is 0 Å². The lowest BCUT2D eigenvalue weighted by molar-refractivity contribution is 1.31. The highest BCUT2D eigenvalue weighted by atomic mass is 14.1. The molecular formula is C15H14. The zero-order valence-electron chi connectivity index (χ0n) is 9.12. The van der Waals surface area contributed by atoms with Crippen LogP contribution in [0.4, 0.5) is 0 Å². The highest BCUT2D eigenvalue weighted by molar-refractivity contribution is 5.79. The molecule has 0 unspecified atom stereocenters. The predicted molar refractivity (Wildman–Crippen MR) is 65.1 cm³/mol. The molecule has 0 aromatic heterocycles. The smallest absolute Gasteiger partial charge is 0.0204 e. The van der Waals surface area contributed by atoms with Gasteiger partial charge < -0.3 is 0 Å². The lowest BCUT2D eigenvalue weighted by atomic mass is 9.92. The zero-order valence-corrected chi connectivity index (χ0v) is 9.12. The van der Waals surface area contributed by atoms with E-state index >= 15 is 0 Å². The van der Waals surface area contributed by atoms with Crippen LogP contribution in [0, 0.1) is 12.5 Å². The van der Waals surface area contributed by atoms with Crippen LogP contribution in [-0.2, 0) is 0 Å². The Kier molecular flexibility index (Phi) is 2.86. The number of hydrogen-bond donors (Lipinski definition) is 0. The van der Waals surface area contributed by atoms with E-state index in [1.807, 2.05) is 18.2 Å². The maximum atomic E-state index is 3.24. The normalized spacial score (nSPS) is 15.1. The molecule has 0 spiro atoms. The van der Waals surface area contributed by atoms with E-state index in [1.165, 1.54) is 16.7 Å². The van der Waals surface area contributed by atoms with Gasteiger partial charge in [0, 0.05) is 6.42 Å². The molecule has 0 heteroatoms. The lowest BCUT2D eigenvalue weighted by Crippen LogP contribution is -1.93. The minimum atomic E-state index is 1.15. The molecule has 1 aromatic carbocycles. The fraction of sp³-hybridized carbons (Fsp3) is 0.133. The first-order valence-electron chi connectivity index (χ1n) is 5.15. The second kappa shape index (κ2) is 4.31. The molecule has 0 amide bonds. The molecule has 1 aliphatic carbocycles. The minimum absolute atomic E-state index is 1.15. The van der Waals surface area contributed by atoms with Gasteiger partial charge in [0.05, 0.1) is 0 Å². The molecule has 0 saturated carbocycles. The van der Waals surface area contributed by atoms with Crippen molar-refractivity contribution in [3.8, 4) is 0 Å². The van der Waals surface area contributed by atoms with Gasteiger partial charge in [0.2, 0.25) is 0 Å². The van der Waals surface area contributed by atoms with E-state index in [1.54, 1.807) is 0 Å². The molecule has 74 valence electrons. The molecule has 0 saturated heterocycles. The summed E-state index contributed by atoms with van der Waals surface area (Å²) in [6.45, 7) is 4.27. The van der Waals surface area contributed by atoms with Crippen LogP contribution in [0.2, 0.25) is 0 Å².